The van der Waals surface area contributed by atoms with E-state index in [2.05, 4.69) is 37.5 Å². The van der Waals surface area contributed by atoms with Crippen molar-refractivity contribution in [2.45, 2.75) is 20.8 Å². The fourth-order valence-electron chi connectivity index (χ4n) is 1.33. The zero-order valence-electron chi connectivity index (χ0n) is 8.46. The van der Waals surface area contributed by atoms with E-state index in [1.807, 2.05) is 18.3 Å². The lowest BCUT2D eigenvalue weighted by atomic mass is 9.97. The van der Waals surface area contributed by atoms with E-state index in [4.69, 9.17) is 0 Å². The molecule has 0 aliphatic rings. The zero-order chi connectivity index (χ0) is 9.84. The first-order valence-corrected chi connectivity index (χ1v) is 4.49. The van der Waals surface area contributed by atoms with Crippen molar-refractivity contribution in [1.82, 2.24) is 10.2 Å². The Balaban J connectivity index is 3.09. The molecule has 0 fully saturated rings. The smallest absolute Gasteiger partial charge is 0.0641 e. The first-order chi connectivity index (χ1) is 6.16. The van der Waals surface area contributed by atoms with Crippen LogP contribution in [0.2, 0.25) is 0 Å². The number of aromatic amines is 1. The Morgan fingerprint density at radius 2 is 2.31 bits per heavy atom. The lowest BCUT2D eigenvalue weighted by Gasteiger charge is -2.09. The molecule has 1 heterocycles. The molecule has 0 amide bonds. The number of aromatic nitrogens is 2. The van der Waals surface area contributed by atoms with Crippen LogP contribution in [0, 0.1) is 12.8 Å². The molecule has 0 unspecified atom stereocenters. The van der Waals surface area contributed by atoms with Gasteiger partial charge < -0.3 is 0 Å². The Hall–Kier alpha value is -1.31. The highest BCUT2D eigenvalue weighted by molar-refractivity contribution is 5.67. The van der Waals surface area contributed by atoms with E-state index in [0.717, 1.165) is 5.69 Å². The third kappa shape index (κ3) is 2.08. The maximum atomic E-state index is 4.01. The van der Waals surface area contributed by atoms with Crippen LogP contribution < -0.4 is 0 Å². The summed E-state index contributed by atoms with van der Waals surface area (Å²) in [5.74, 6) is 0.483. The van der Waals surface area contributed by atoms with Crippen molar-refractivity contribution in [2.75, 3.05) is 0 Å². The number of nitrogens with one attached hydrogen (secondary N) is 1. The Labute approximate surface area is 79.4 Å². The molecule has 0 radical (unpaired) electrons. The molecule has 0 saturated carbocycles. The van der Waals surface area contributed by atoms with Gasteiger partial charge in [0.25, 0.3) is 0 Å². The minimum Gasteiger partial charge on any atom is -0.278 e. The molecule has 1 N–H and O–H groups in total. The molecule has 70 valence electrons. The number of nitrogens with zero attached hydrogens (tertiary/aromatic N) is 1. The lowest BCUT2D eigenvalue weighted by molar-refractivity contribution is 0.844. The molecule has 0 aliphatic heterocycles. The molecular weight excluding hydrogens is 160 g/mol. The normalized spacial score (nSPS) is 12.2. The molecule has 0 atom stereocenters. The molecule has 2 heteroatoms. The van der Waals surface area contributed by atoms with Gasteiger partial charge in [-0.2, -0.15) is 5.10 Å². The summed E-state index contributed by atoms with van der Waals surface area (Å²) in [4.78, 5) is 0. The van der Waals surface area contributed by atoms with Gasteiger partial charge in [0.2, 0.25) is 0 Å². The van der Waals surface area contributed by atoms with Gasteiger partial charge in [0.1, 0.15) is 0 Å². The number of hydrogen-bond acceptors (Lipinski definition) is 1. The molecule has 0 aliphatic carbocycles. The zero-order valence-corrected chi connectivity index (χ0v) is 8.46. The van der Waals surface area contributed by atoms with E-state index < -0.39 is 0 Å². The van der Waals surface area contributed by atoms with Crippen LogP contribution in [0.15, 0.2) is 24.9 Å². The molecule has 1 aromatic rings. The van der Waals surface area contributed by atoms with Crippen LogP contribution >= 0.6 is 0 Å². The first-order valence-electron chi connectivity index (χ1n) is 4.49. The molecule has 0 saturated heterocycles. The Morgan fingerprint density at radius 3 is 2.69 bits per heavy atom. The highest BCUT2D eigenvalue weighted by Gasteiger charge is 2.09. The van der Waals surface area contributed by atoms with Gasteiger partial charge in [-0.3, -0.25) is 5.10 Å². The molecule has 13 heavy (non-hydrogen) atoms. The quantitative estimate of drug-likeness (QED) is 0.705. The largest absolute Gasteiger partial charge is 0.278 e. The number of rotatable bonds is 3. The standard InChI is InChI=1S/C11H16N2/c1-5-6-10(8(2)3)11-9(4)7-12-13-11/h5-8H,1H2,2-4H3,(H,12,13)/b10-6-. The van der Waals surface area contributed by atoms with Crippen LogP contribution in [0.1, 0.15) is 25.1 Å². The van der Waals surface area contributed by atoms with Gasteiger partial charge >= 0.3 is 0 Å². The van der Waals surface area contributed by atoms with E-state index >= 15 is 0 Å². The van der Waals surface area contributed by atoms with E-state index in [9.17, 15) is 0 Å². The Kier molecular flexibility index (Phi) is 3.07. The maximum absolute atomic E-state index is 4.01. The van der Waals surface area contributed by atoms with Crippen LogP contribution in [-0.2, 0) is 0 Å². The highest BCUT2D eigenvalue weighted by Crippen LogP contribution is 2.23. The van der Waals surface area contributed by atoms with Crippen molar-refractivity contribution >= 4 is 5.57 Å². The summed E-state index contributed by atoms with van der Waals surface area (Å²) in [5.41, 5.74) is 3.56. The van der Waals surface area contributed by atoms with Gasteiger partial charge in [-0.15, -0.1) is 0 Å². The molecule has 1 rings (SSSR count). The summed E-state index contributed by atoms with van der Waals surface area (Å²) in [5, 5.41) is 7.01. The third-order valence-corrected chi connectivity index (χ3v) is 2.04. The third-order valence-electron chi connectivity index (χ3n) is 2.04. The van der Waals surface area contributed by atoms with E-state index in [1.54, 1.807) is 0 Å². The van der Waals surface area contributed by atoms with Crippen LogP contribution in [0.5, 0.6) is 0 Å². The number of aryl methyl sites for hydroxylation is 1. The van der Waals surface area contributed by atoms with Gasteiger partial charge in [0, 0.05) is 0 Å². The van der Waals surface area contributed by atoms with Gasteiger partial charge in [-0.1, -0.05) is 32.6 Å². The van der Waals surface area contributed by atoms with Crippen LogP contribution in [0.25, 0.3) is 5.57 Å². The maximum Gasteiger partial charge on any atom is 0.0641 e. The Bertz CT molecular complexity index is 319. The summed E-state index contributed by atoms with van der Waals surface area (Å²) in [7, 11) is 0. The monoisotopic (exact) mass is 176 g/mol. The molecule has 2 nitrogen and oxygen atoms in total. The van der Waals surface area contributed by atoms with E-state index in [1.165, 1.54) is 11.1 Å². The summed E-state index contributed by atoms with van der Waals surface area (Å²) < 4.78 is 0. The Morgan fingerprint density at radius 1 is 1.62 bits per heavy atom. The minimum atomic E-state index is 0.483. The predicted octanol–water partition coefficient (Wildman–Crippen LogP) is 2.94. The van der Waals surface area contributed by atoms with Crippen molar-refractivity contribution < 1.29 is 0 Å². The molecule has 1 aromatic heterocycles. The van der Waals surface area contributed by atoms with Crippen molar-refractivity contribution in [3.8, 4) is 0 Å². The summed E-state index contributed by atoms with van der Waals surface area (Å²) >= 11 is 0. The van der Waals surface area contributed by atoms with E-state index in [-0.39, 0.29) is 0 Å². The second kappa shape index (κ2) is 4.08. The van der Waals surface area contributed by atoms with Gasteiger partial charge in [-0.25, -0.2) is 0 Å². The van der Waals surface area contributed by atoms with Gasteiger partial charge in [-0.05, 0) is 24.0 Å². The predicted molar refractivity (Wildman–Crippen MR) is 56.3 cm³/mol. The van der Waals surface area contributed by atoms with E-state index in [0.29, 0.717) is 5.92 Å². The van der Waals surface area contributed by atoms with Crippen LogP contribution in [0.4, 0.5) is 0 Å². The van der Waals surface area contributed by atoms with Crippen molar-refractivity contribution in [3.63, 3.8) is 0 Å². The average Bonchev–Trinajstić information content (AvgIpc) is 2.47. The molecule has 0 spiro atoms. The lowest BCUT2D eigenvalue weighted by Crippen LogP contribution is -1.95. The summed E-state index contributed by atoms with van der Waals surface area (Å²) in [6.45, 7) is 10.1. The summed E-state index contributed by atoms with van der Waals surface area (Å²) in [6.07, 6.45) is 5.69. The molecular formula is C11H16N2. The van der Waals surface area contributed by atoms with Gasteiger partial charge in [0.05, 0.1) is 11.9 Å². The minimum absolute atomic E-state index is 0.483. The molecule has 0 bridgehead atoms. The number of H-pyrrole nitrogens is 1. The SMILES string of the molecule is C=C/C=C(\c1[nH]ncc1C)C(C)C. The van der Waals surface area contributed by atoms with Crippen LogP contribution in [-0.4, -0.2) is 10.2 Å². The highest BCUT2D eigenvalue weighted by atomic mass is 15.1. The van der Waals surface area contributed by atoms with Crippen molar-refractivity contribution in [2.24, 2.45) is 5.92 Å². The van der Waals surface area contributed by atoms with Crippen molar-refractivity contribution in [1.29, 1.82) is 0 Å². The number of allylic oxidation sites excluding steroid dienone is 3. The fourth-order valence-corrected chi connectivity index (χ4v) is 1.33. The summed E-state index contributed by atoms with van der Waals surface area (Å²) in [6, 6.07) is 0. The first kappa shape index (κ1) is 9.78. The van der Waals surface area contributed by atoms with Crippen LogP contribution in [0.3, 0.4) is 0 Å². The molecule has 0 aromatic carbocycles. The average molecular weight is 176 g/mol. The second-order valence-electron chi connectivity index (χ2n) is 3.44. The topological polar surface area (TPSA) is 28.7 Å². The van der Waals surface area contributed by atoms with Gasteiger partial charge in [0.15, 0.2) is 0 Å². The number of hydrogen-bond donors (Lipinski definition) is 1. The van der Waals surface area contributed by atoms with Crippen molar-refractivity contribution in [3.05, 3.63) is 36.2 Å². The fraction of sp³-hybridized carbons (Fsp3) is 0.364. The second-order valence-corrected chi connectivity index (χ2v) is 3.44.